The van der Waals surface area contributed by atoms with Crippen LogP contribution in [0, 0.1) is 6.92 Å². The molecular formula is C20H25Cl2N5O2. The number of aromatic nitrogens is 2. The second kappa shape index (κ2) is 9.98. The highest BCUT2D eigenvalue weighted by molar-refractivity contribution is 6.42. The van der Waals surface area contributed by atoms with Gasteiger partial charge in [0.2, 0.25) is 5.95 Å². The molecule has 1 aliphatic rings. The van der Waals surface area contributed by atoms with Crippen LogP contribution < -0.4 is 20.7 Å². The Balaban J connectivity index is 1.42. The second-order valence-corrected chi connectivity index (χ2v) is 7.86. The fourth-order valence-corrected chi connectivity index (χ4v) is 3.68. The summed E-state index contributed by atoms with van der Waals surface area (Å²) in [6.07, 6.45) is 5.42. The van der Waals surface area contributed by atoms with Gasteiger partial charge in [0.05, 0.1) is 5.02 Å². The number of halogens is 2. The first-order chi connectivity index (χ1) is 14.0. The minimum atomic E-state index is -0.169. The smallest absolute Gasteiger partial charge is 0.258 e. The Hall–Kier alpha value is -2.25. The third-order valence-electron chi connectivity index (χ3n) is 4.91. The van der Waals surface area contributed by atoms with Gasteiger partial charge in [0.15, 0.2) is 6.61 Å². The van der Waals surface area contributed by atoms with Gasteiger partial charge in [-0.2, -0.15) is 4.98 Å². The molecule has 0 saturated heterocycles. The lowest BCUT2D eigenvalue weighted by molar-refractivity contribution is -0.124. The number of amides is 1. The maximum Gasteiger partial charge on any atom is 0.258 e. The molecule has 9 heteroatoms. The fourth-order valence-electron chi connectivity index (χ4n) is 3.34. The first kappa shape index (κ1) is 21.5. The highest BCUT2D eigenvalue weighted by Crippen LogP contribution is 2.31. The zero-order chi connectivity index (χ0) is 20.8. The molecule has 1 amide bonds. The highest BCUT2D eigenvalue weighted by Gasteiger charge is 2.23. The Kier molecular flexibility index (Phi) is 7.39. The number of nitrogens with one attached hydrogen (secondary N) is 3. The number of aryl methyl sites for hydroxylation is 1. The molecule has 2 aromatic rings. The monoisotopic (exact) mass is 437 g/mol. The van der Waals surface area contributed by atoms with E-state index in [1.54, 1.807) is 24.4 Å². The molecular weight excluding hydrogens is 413 g/mol. The van der Waals surface area contributed by atoms with E-state index in [1.807, 2.05) is 14.0 Å². The van der Waals surface area contributed by atoms with Crippen LogP contribution in [0.5, 0.6) is 5.75 Å². The molecule has 0 bridgehead atoms. The van der Waals surface area contributed by atoms with Crippen molar-refractivity contribution in [3.8, 4) is 5.75 Å². The van der Waals surface area contributed by atoms with Gasteiger partial charge in [-0.15, -0.1) is 0 Å². The molecule has 0 spiro atoms. The Labute approximate surface area is 180 Å². The van der Waals surface area contributed by atoms with Crippen molar-refractivity contribution >= 4 is 40.9 Å². The van der Waals surface area contributed by atoms with E-state index in [0.717, 1.165) is 37.1 Å². The van der Waals surface area contributed by atoms with Crippen LogP contribution >= 0.6 is 23.2 Å². The number of hydrogen-bond donors (Lipinski definition) is 3. The van der Waals surface area contributed by atoms with Gasteiger partial charge in [-0.3, -0.25) is 4.79 Å². The largest absolute Gasteiger partial charge is 0.482 e. The molecule has 3 N–H and O–H groups in total. The first-order valence-corrected chi connectivity index (χ1v) is 10.4. The summed E-state index contributed by atoms with van der Waals surface area (Å²) in [6, 6.07) is 5.51. The van der Waals surface area contributed by atoms with E-state index in [2.05, 4.69) is 25.9 Å². The summed E-state index contributed by atoms with van der Waals surface area (Å²) >= 11 is 12.0. The van der Waals surface area contributed by atoms with Crippen molar-refractivity contribution in [3.05, 3.63) is 40.0 Å². The van der Waals surface area contributed by atoms with Crippen LogP contribution in [0.1, 0.15) is 31.2 Å². The molecule has 0 atom stereocenters. The summed E-state index contributed by atoms with van der Waals surface area (Å²) in [5.41, 5.74) is 1.01. The van der Waals surface area contributed by atoms with Crippen molar-refractivity contribution in [1.29, 1.82) is 0 Å². The number of nitrogens with zero attached hydrogens (tertiary/aromatic N) is 2. The standard InChI is InChI=1S/C20H25Cl2N5O2/c1-12-10-24-20(27-19(12)23-2)26-14-8-6-13(7-9-14)25-17(28)11-29-16-5-3-4-15(21)18(16)22/h3-5,10,13-14H,6-9,11H2,1-2H3,(H,25,28)(H2,23,24,26,27)/t13-,14+. The normalized spacial score (nSPS) is 18.8. The molecule has 0 unspecified atom stereocenters. The molecule has 1 aromatic carbocycles. The summed E-state index contributed by atoms with van der Waals surface area (Å²) in [4.78, 5) is 21.0. The Bertz CT molecular complexity index is 857. The minimum Gasteiger partial charge on any atom is -0.482 e. The van der Waals surface area contributed by atoms with Crippen LogP contribution in [0.3, 0.4) is 0 Å². The number of hydrogen-bond acceptors (Lipinski definition) is 6. The summed E-state index contributed by atoms with van der Waals surface area (Å²) in [7, 11) is 1.84. The lowest BCUT2D eigenvalue weighted by Gasteiger charge is -2.29. The second-order valence-electron chi connectivity index (χ2n) is 7.08. The van der Waals surface area contributed by atoms with E-state index in [4.69, 9.17) is 27.9 Å². The molecule has 7 nitrogen and oxygen atoms in total. The zero-order valence-electron chi connectivity index (χ0n) is 16.5. The highest BCUT2D eigenvalue weighted by atomic mass is 35.5. The van der Waals surface area contributed by atoms with Crippen molar-refractivity contribution in [2.45, 2.75) is 44.7 Å². The van der Waals surface area contributed by atoms with Gasteiger partial charge in [0.1, 0.15) is 16.6 Å². The van der Waals surface area contributed by atoms with Gasteiger partial charge in [-0.1, -0.05) is 29.3 Å². The molecule has 1 fully saturated rings. The van der Waals surface area contributed by atoms with Gasteiger partial charge < -0.3 is 20.7 Å². The van der Waals surface area contributed by atoms with Gasteiger partial charge in [-0.25, -0.2) is 4.98 Å². The van der Waals surface area contributed by atoms with Crippen molar-refractivity contribution < 1.29 is 9.53 Å². The van der Waals surface area contributed by atoms with E-state index in [9.17, 15) is 4.79 Å². The predicted molar refractivity (Wildman–Crippen MR) is 116 cm³/mol. The predicted octanol–water partition coefficient (Wildman–Crippen LogP) is 4.05. The van der Waals surface area contributed by atoms with Gasteiger partial charge >= 0.3 is 0 Å². The number of carbonyl (C=O) groups excluding carboxylic acids is 1. The van der Waals surface area contributed by atoms with Gasteiger partial charge in [0, 0.05) is 30.9 Å². The van der Waals surface area contributed by atoms with Crippen LogP contribution in [0.15, 0.2) is 24.4 Å². The number of carbonyl (C=O) groups is 1. The average molecular weight is 438 g/mol. The maximum atomic E-state index is 12.2. The van der Waals surface area contributed by atoms with Crippen LogP contribution in [-0.2, 0) is 4.79 Å². The topological polar surface area (TPSA) is 88.2 Å². The lowest BCUT2D eigenvalue weighted by atomic mass is 9.91. The lowest BCUT2D eigenvalue weighted by Crippen LogP contribution is -2.42. The molecule has 156 valence electrons. The Morgan fingerprint density at radius 1 is 1.21 bits per heavy atom. The molecule has 0 radical (unpaired) electrons. The van der Waals surface area contributed by atoms with E-state index >= 15 is 0 Å². The van der Waals surface area contributed by atoms with Crippen molar-refractivity contribution in [2.24, 2.45) is 0 Å². The molecule has 0 aliphatic heterocycles. The zero-order valence-corrected chi connectivity index (χ0v) is 18.0. The average Bonchev–Trinajstić information content (AvgIpc) is 2.72. The van der Waals surface area contributed by atoms with Crippen LogP contribution in [0.25, 0.3) is 0 Å². The summed E-state index contributed by atoms with van der Waals surface area (Å²) in [5, 5.41) is 10.2. The van der Waals surface area contributed by atoms with E-state index in [1.165, 1.54) is 0 Å². The van der Waals surface area contributed by atoms with Gasteiger partial charge in [0.25, 0.3) is 5.91 Å². The Morgan fingerprint density at radius 3 is 2.66 bits per heavy atom. The number of benzene rings is 1. The quantitative estimate of drug-likeness (QED) is 0.605. The van der Waals surface area contributed by atoms with E-state index in [-0.39, 0.29) is 24.6 Å². The summed E-state index contributed by atoms with van der Waals surface area (Å²) in [5.74, 6) is 1.68. The van der Waals surface area contributed by atoms with Crippen molar-refractivity contribution in [2.75, 3.05) is 24.3 Å². The SMILES string of the molecule is CNc1nc(N[C@H]2CC[C@@H](NC(=O)COc3cccc(Cl)c3Cl)CC2)ncc1C. The van der Waals surface area contributed by atoms with Crippen LogP contribution in [0.2, 0.25) is 10.0 Å². The fraction of sp³-hybridized carbons (Fsp3) is 0.450. The number of rotatable bonds is 7. The first-order valence-electron chi connectivity index (χ1n) is 9.60. The number of anilines is 2. The minimum absolute atomic E-state index is 0.0950. The molecule has 29 heavy (non-hydrogen) atoms. The number of ether oxygens (including phenoxy) is 1. The van der Waals surface area contributed by atoms with Crippen LogP contribution in [-0.4, -0.2) is 41.6 Å². The van der Waals surface area contributed by atoms with Crippen LogP contribution in [0.4, 0.5) is 11.8 Å². The third kappa shape index (κ3) is 5.87. The van der Waals surface area contributed by atoms with Gasteiger partial charge in [-0.05, 0) is 44.7 Å². The van der Waals surface area contributed by atoms with E-state index in [0.29, 0.717) is 21.7 Å². The molecule has 1 aromatic heterocycles. The van der Waals surface area contributed by atoms with Crippen molar-refractivity contribution in [3.63, 3.8) is 0 Å². The van der Waals surface area contributed by atoms with E-state index < -0.39 is 0 Å². The van der Waals surface area contributed by atoms with Crippen molar-refractivity contribution in [1.82, 2.24) is 15.3 Å². The molecule has 1 aliphatic carbocycles. The molecule has 1 saturated carbocycles. The molecule has 1 heterocycles. The summed E-state index contributed by atoms with van der Waals surface area (Å²) in [6.45, 7) is 1.87. The summed E-state index contributed by atoms with van der Waals surface area (Å²) < 4.78 is 5.49. The third-order valence-corrected chi connectivity index (χ3v) is 5.71. The Morgan fingerprint density at radius 2 is 1.93 bits per heavy atom. The maximum absolute atomic E-state index is 12.2. The molecule has 3 rings (SSSR count).